The van der Waals surface area contributed by atoms with E-state index in [1.807, 2.05) is 0 Å². The molecule has 0 bridgehead atoms. The van der Waals surface area contributed by atoms with Crippen molar-refractivity contribution < 1.29 is 0 Å². The number of hydrogen-bond donors (Lipinski definition) is 1. The van der Waals surface area contributed by atoms with Gasteiger partial charge in [-0.3, -0.25) is 0 Å². The summed E-state index contributed by atoms with van der Waals surface area (Å²) in [5, 5.41) is 0. The van der Waals surface area contributed by atoms with Gasteiger partial charge in [-0.1, -0.05) is 47.3 Å². The number of benzene rings is 1. The van der Waals surface area contributed by atoms with Crippen LogP contribution in [0.2, 0.25) is 0 Å². The summed E-state index contributed by atoms with van der Waals surface area (Å²) in [5.41, 5.74) is 12.4. The first-order valence-electron chi connectivity index (χ1n) is 7.17. The van der Waals surface area contributed by atoms with Crippen LogP contribution < -0.4 is 10.6 Å². The zero-order valence-electron chi connectivity index (χ0n) is 13.1. The van der Waals surface area contributed by atoms with E-state index in [1.165, 1.54) is 22.5 Å². The number of nitrogens with two attached hydrogens (primary N) is 1. The minimum absolute atomic E-state index is 0.663. The fourth-order valence-corrected chi connectivity index (χ4v) is 2.92. The lowest BCUT2D eigenvalue weighted by molar-refractivity contribution is 0.963. The molecule has 1 aromatic carbocycles. The number of fused-ring (bicyclic) bond motifs is 1. The maximum absolute atomic E-state index is 6.02. The third kappa shape index (κ3) is 3.09. The first-order chi connectivity index (χ1) is 10.5. The van der Waals surface area contributed by atoms with Crippen LogP contribution in [0.5, 0.6) is 0 Å². The van der Waals surface area contributed by atoms with Crippen molar-refractivity contribution in [2.45, 2.75) is 13.8 Å². The third-order valence-corrected chi connectivity index (χ3v) is 4.32. The molecule has 0 saturated heterocycles. The molecule has 0 aromatic heterocycles. The van der Waals surface area contributed by atoms with Crippen molar-refractivity contribution in [3.05, 3.63) is 82.7 Å². The van der Waals surface area contributed by atoms with Crippen molar-refractivity contribution in [1.29, 1.82) is 0 Å². The van der Waals surface area contributed by atoms with E-state index < -0.39 is 0 Å². The molecular weight excluding hydrogens is 336 g/mol. The number of halogens is 1. The molecule has 114 valence electrons. The molecular formula is C19H21BrN2. The average molecular weight is 357 g/mol. The van der Waals surface area contributed by atoms with Gasteiger partial charge in [-0.15, -0.1) is 0 Å². The van der Waals surface area contributed by atoms with Crippen molar-refractivity contribution in [2.75, 3.05) is 11.4 Å². The Balaban J connectivity index is 2.55. The summed E-state index contributed by atoms with van der Waals surface area (Å²) < 4.78 is 1.06. The average Bonchev–Trinajstić information content (AvgIpc) is 2.52. The van der Waals surface area contributed by atoms with Crippen LogP contribution >= 0.6 is 15.9 Å². The van der Waals surface area contributed by atoms with Crippen LogP contribution in [-0.4, -0.2) is 6.54 Å². The van der Waals surface area contributed by atoms with E-state index in [9.17, 15) is 0 Å². The maximum atomic E-state index is 6.02. The summed E-state index contributed by atoms with van der Waals surface area (Å²) in [6.45, 7) is 12.5. The molecule has 0 unspecified atom stereocenters. The van der Waals surface area contributed by atoms with Gasteiger partial charge in [0.05, 0.1) is 5.69 Å². The number of anilines is 1. The topological polar surface area (TPSA) is 29.3 Å². The zero-order chi connectivity index (χ0) is 16.3. The van der Waals surface area contributed by atoms with E-state index in [-0.39, 0.29) is 0 Å². The number of hydrogen-bond acceptors (Lipinski definition) is 2. The van der Waals surface area contributed by atoms with E-state index in [4.69, 9.17) is 5.73 Å². The fourth-order valence-electron chi connectivity index (χ4n) is 2.57. The fraction of sp³-hybridized carbons (Fsp3) is 0.158. The van der Waals surface area contributed by atoms with Gasteiger partial charge in [0.1, 0.15) is 0 Å². The summed E-state index contributed by atoms with van der Waals surface area (Å²) in [6.07, 6.45) is 7.79. The van der Waals surface area contributed by atoms with Gasteiger partial charge in [-0.05, 0) is 49.3 Å². The van der Waals surface area contributed by atoms with Gasteiger partial charge >= 0.3 is 0 Å². The second-order valence-electron chi connectivity index (χ2n) is 5.17. The summed E-state index contributed by atoms with van der Waals surface area (Å²) in [5.74, 6) is 0. The summed E-state index contributed by atoms with van der Waals surface area (Å²) in [4.78, 5) is 2.25. The smallest absolute Gasteiger partial charge is 0.0502 e. The molecule has 0 fully saturated rings. The van der Waals surface area contributed by atoms with E-state index in [0.29, 0.717) is 12.2 Å². The standard InChI is InChI=1S/C19H21BrN2/c1-5-14-10-13(4)22(12-15(6-2)18(21)7-3)19-11-16(20)8-9-17(14)19/h5-11H,2-3,12,21H2,1,4H3/b14-5-,18-15-. The van der Waals surface area contributed by atoms with E-state index >= 15 is 0 Å². The van der Waals surface area contributed by atoms with E-state index in [1.54, 1.807) is 12.2 Å². The van der Waals surface area contributed by atoms with Crippen molar-refractivity contribution in [1.82, 2.24) is 0 Å². The molecule has 22 heavy (non-hydrogen) atoms. The van der Waals surface area contributed by atoms with Crippen LogP contribution in [0.15, 0.2) is 77.1 Å². The van der Waals surface area contributed by atoms with Crippen LogP contribution in [0, 0.1) is 0 Å². The van der Waals surface area contributed by atoms with Crippen molar-refractivity contribution in [2.24, 2.45) is 5.73 Å². The Morgan fingerprint density at radius 2 is 2.05 bits per heavy atom. The molecule has 2 nitrogen and oxygen atoms in total. The Hall–Kier alpha value is -2.00. The summed E-state index contributed by atoms with van der Waals surface area (Å²) in [7, 11) is 0. The first-order valence-corrected chi connectivity index (χ1v) is 7.96. The zero-order valence-corrected chi connectivity index (χ0v) is 14.7. The van der Waals surface area contributed by atoms with Crippen molar-refractivity contribution in [3.8, 4) is 0 Å². The predicted molar refractivity (Wildman–Crippen MR) is 101 cm³/mol. The molecule has 2 rings (SSSR count). The Morgan fingerprint density at radius 3 is 2.64 bits per heavy atom. The van der Waals surface area contributed by atoms with Crippen LogP contribution in [0.4, 0.5) is 5.69 Å². The monoisotopic (exact) mass is 356 g/mol. The molecule has 0 amide bonds. The van der Waals surface area contributed by atoms with Crippen LogP contribution in [-0.2, 0) is 0 Å². The molecule has 0 atom stereocenters. The Morgan fingerprint density at radius 1 is 1.32 bits per heavy atom. The molecule has 0 spiro atoms. The third-order valence-electron chi connectivity index (χ3n) is 3.83. The minimum atomic E-state index is 0.663. The number of rotatable bonds is 4. The molecule has 1 aliphatic heterocycles. The first kappa shape index (κ1) is 16.4. The van der Waals surface area contributed by atoms with Crippen LogP contribution in [0.25, 0.3) is 5.57 Å². The van der Waals surface area contributed by atoms with Gasteiger partial charge in [0.2, 0.25) is 0 Å². The quantitative estimate of drug-likeness (QED) is 0.754. The van der Waals surface area contributed by atoms with Crippen molar-refractivity contribution >= 4 is 27.2 Å². The highest BCUT2D eigenvalue weighted by atomic mass is 79.9. The molecule has 0 radical (unpaired) electrons. The second-order valence-corrected chi connectivity index (χ2v) is 6.08. The SMILES string of the molecule is C=C/C(N)=C(\C=C)CN1C(C)=C/C(=C/C)c2ccc(Br)cc21. The molecule has 3 heteroatoms. The number of allylic oxidation sites excluding steroid dienone is 5. The largest absolute Gasteiger partial charge is 0.398 e. The van der Waals surface area contributed by atoms with Gasteiger partial charge < -0.3 is 10.6 Å². The van der Waals surface area contributed by atoms with Crippen LogP contribution in [0.3, 0.4) is 0 Å². The Bertz CT molecular complexity index is 708. The van der Waals surface area contributed by atoms with Gasteiger partial charge in [0.25, 0.3) is 0 Å². The normalized spacial score (nSPS) is 16.8. The van der Waals surface area contributed by atoms with Gasteiger partial charge in [0, 0.05) is 28.0 Å². The predicted octanol–water partition coefficient (Wildman–Crippen LogP) is 5.16. The van der Waals surface area contributed by atoms with Gasteiger partial charge in [-0.2, -0.15) is 0 Å². The minimum Gasteiger partial charge on any atom is -0.398 e. The van der Waals surface area contributed by atoms with E-state index in [2.05, 4.69) is 78.2 Å². The molecule has 0 saturated carbocycles. The lowest BCUT2D eigenvalue weighted by atomic mass is 9.97. The molecule has 1 aromatic rings. The summed E-state index contributed by atoms with van der Waals surface area (Å²) in [6, 6.07) is 6.34. The lowest BCUT2D eigenvalue weighted by Crippen LogP contribution is -2.27. The molecule has 1 heterocycles. The number of nitrogens with zero attached hydrogens (tertiary/aromatic N) is 1. The Labute approximate surface area is 141 Å². The highest BCUT2D eigenvalue weighted by Gasteiger charge is 2.21. The van der Waals surface area contributed by atoms with Gasteiger partial charge in [0.15, 0.2) is 0 Å². The second kappa shape index (κ2) is 6.84. The molecule has 2 N–H and O–H groups in total. The van der Waals surface area contributed by atoms with E-state index in [0.717, 1.165) is 10.0 Å². The molecule has 0 aliphatic carbocycles. The lowest BCUT2D eigenvalue weighted by Gasteiger charge is -2.33. The van der Waals surface area contributed by atoms with Crippen molar-refractivity contribution in [3.63, 3.8) is 0 Å². The highest BCUT2D eigenvalue weighted by molar-refractivity contribution is 9.10. The Kier molecular flexibility index (Phi) is 5.09. The summed E-state index contributed by atoms with van der Waals surface area (Å²) >= 11 is 3.57. The highest BCUT2D eigenvalue weighted by Crippen LogP contribution is 2.38. The van der Waals surface area contributed by atoms with Gasteiger partial charge in [-0.25, -0.2) is 0 Å². The van der Waals surface area contributed by atoms with Crippen LogP contribution in [0.1, 0.15) is 19.4 Å². The molecule has 1 aliphatic rings. The maximum Gasteiger partial charge on any atom is 0.0502 e.